The first-order valence-corrected chi connectivity index (χ1v) is 10.1. The zero-order valence-corrected chi connectivity index (χ0v) is 17.4. The summed E-state index contributed by atoms with van der Waals surface area (Å²) < 4.78 is 43.9. The van der Waals surface area contributed by atoms with Gasteiger partial charge in [-0.15, -0.1) is 0 Å². The van der Waals surface area contributed by atoms with Gasteiger partial charge in [-0.05, 0) is 50.6 Å². The van der Waals surface area contributed by atoms with E-state index in [-0.39, 0.29) is 5.82 Å². The minimum atomic E-state index is -4.65. The van der Waals surface area contributed by atoms with E-state index < -0.39 is 12.1 Å². The van der Waals surface area contributed by atoms with Gasteiger partial charge in [0.1, 0.15) is 0 Å². The largest absolute Gasteiger partial charge is 0.471 e. The number of alkyl halides is 3. The van der Waals surface area contributed by atoms with Crippen LogP contribution in [0.5, 0.6) is 0 Å². The summed E-state index contributed by atoms with van der Waals surface area (Å²) in [6, 6.07) is 6.22. The van der Waals surface area contributed by atoms with Gasteiger partial charge in [0.05, 0.1) is 17.4 Å². The zero-order chi connectivity index (χ0) is 21.7. The lowest BCUT2D eigenvalue weighted by molar-refractivity contribution is -0.159. The fraction of sp³-hybridized carbons (Fsp3) is 0.476. The molecule has 1 aromatic carbocycles. The smallest absolute Gasteiger partial charge is 0.329 e. The van der Waals surface area contributed by atoms with Gasteiger partial charge in [-0.3, -0.25) is 4.90 Å². The van der Waals surface area contributed by atoms with Crippen LogP contribution in [-0.2, 0) is 12.7 Å². The molecule has 6 nitrogen and oxygen atoms in total. The second-order valence-electron chi connectivity index (χ2n) is 7.46. The van der Waals surface area contributed by atoms with Crippen molar-refractivity contribution in [2.45, 2.75) is 52.4 Å². The lowest BCUT2D eigenvalue weighted by Gasteiger charge is -2.26. The van der Waals surface area contributed by atoms with Crippen molar-refractivity contribution in [1.82, 2.24) is 24.6 Å². The summed E-state index contributed by atoms with van der Waals surface area (Å²) in [5, 5.41) is 3.32. The molecule has 0 aliphatic heterocycles. The summed E-state index contributed by atoms with van der Waals surface area (Å²) in [5.74, 6) is -1.49. The lowest BCUT2D eigenvalue weighted by Crippen LogP contribution is -2.34. The first kappa shape index (κ1) is 22.0. The average molecular weight is 421 g/mol. The van der Waals surface area contributed by atoms with Crippen LogP contribution in [0.3, 0.4) is 0 Å². The van der Waals surface area contributed by atoms with Gasteiger partial charge in [-0.2, -0.15) is 18.2 Å². The van der Waals surface area contributed by atoms with Crippen LogP contribution < -0.4 is 0 Å². The number of rotatable bonds is 9. The van der Waals surface area contributed by atoms with Crippen LogP contribution in [0.25, 0.3) is 23.2 Å². The summed E-state index contributed by atoms with van der Waals surface area (Å²) in [6.45, 7) is 9.49. The molecule has 0 aliphatic rings. The maximum Gasteiger partial charge on any atom is 0.471 e. The van der Waals surface area contributed by atoms with Crippen LogP contribution in [-0.4, -0.2) is 43.7 Å². The second-order valence-corrected chi connectivity index (χ2v) is 7.46. The molecule has 30 heavy (non-hydrogen) atoms. The molecule has 0 bridgehead atoms. The van der Waals surface area contributed by atoms with Gasteiger partial charge >= 0.3 is 12.1 Å². The molecule has 0 radical (unpaired) electrons. The molecule has 0 spiro atoms. The number of unbranched alkanes of at least 4 members (excludes halogenated alkanes) is 1. The molecule has 2 aromatic heterocycles. The molecule has 0 amide bonds. The predicted molar refractivity (Wildman–Crippen MR) is 110 cm³/mol. The number of hydrogen-bond donors (Lipinski definition) is 0. The standard InChI is InChI=1S/C21H26F3N5O/c1-4-5-10-28(15(2)3)11-12-29-14-25-17-13-16(6-8-18(17)29)7-9-19-26-20(30-27-19)21(22,23)24/h6-9,13-15H,4-5,10-12H2,1-3H3/b9-7+. The van der Waals surface area contributed by atoms with E-state index in [2.05, 4.69) is 49.9 Å². The number of hydrogen-bond acceptors (Lipinski definition) is 5. The Morgan fingerprint density at radius 3 is 2.67 bits per heavy atom. The highest BCUT2D eigenvalue weighted by Gasteiger charge is 2.38. The van der Waals surface area contributed by atoms with Gasteiger partial charge in [0.2, 0.25) is 0 Å². The Labute approximate surface area is 173 Å². The van der Waals surface area contributed by atoms with Gasteiger partial charge in [-0.1, -0.05) is 30.6 Å². The average Bonchev–Trinajstić information content (AvgIpc) is 3.33. The van der Waals surface area contributed by atoms with E-state index >= 15 is 0 Å². The lowest BCUT2D eigenvalue weighted by atomic mass is 10.2. The second kappa shape index (κ2) is 9.42. The number of nitrogens with zero attached hydrogens (tertiary/aromatic N) is 5. The first-order valence-electron chi connectivity index (χ1n) is 10.1. The maximum absolute atomic E-state index is 12.5. The Bertz CT molecular complexity index is 990. The van der Waals surface area contributed by atoms with Crippen molar-refractivity contribution in [3.63, 3.8) is 0 Å². The van der Waals surface area contributed by atoms with E-state index in [0.717, 1.165) is 36.2 Å². The van der Waals surface area contributed by atoms with Crippen LogP contribution in [0.2, 0.25) is 0 Å². The number of halogens is 3. The van der Waals surface area contributed by atoms with Gasteiger partial charge < -0.3 is 9.09 Å². The number of imidazole rings is 1. The minimum Gasteiger partial charge on any atom is -0.329 e. The molecule has 0 unspecified atom stereocenters. The first-order chi connectivity index (χ1) is 14.3. The van der Waals surface area contributed by atoms with Crippen molar-refractivity contribution < 1.29 is 17.7 Å². The Kier molecular flexibility index (Phi) is 6.91. The van der Waals surface area contributed by atoms with Crippen LogP contribution in [0, 0.1) is 0 Å². The molecule has 0 saturated carbocycles. The minimum absolute atomic E-state index is 0.131. The van der Waals surface area contributed by atoms with Crippen molar-refractivity contribution >= 4 is 23.2 Å². The zero-order valence-electron chi connectivity index (χ0n) is 17.4. The number of benzene rings is 1. The van der Waals surface area contributed by atoms with E-state index in [0.29, 0.717) is 6.04 Å². The molecule has 0 fully saturated rings. The molecule has 2 heterocycles. The Hall–Kier alpha value is -2.68. The summed E-state index contributed by atoms with van der Waals surface area (Å²) in [7, 11) is 0. The van der Waals surface area contributed by atoms with Crippen LogP contribution >= 0.6 is 0 Å². The molecule has 162 valence electrons. The molecule has 9 heteroatoms. The van der Waals surface area contributed by atoms with Crippen molar-refractivity contribution in [3.8, 4) is 0 Å². The van der Waals surface area contributed by atoms with Crippen LogP contribution in [0.4, 0.5) is 13.2 Å². The van der Waals surface area contributed by atoms with Crippen molar-refractivity contribution in [3.05, 3.63) is 41.8 Å². The quantitative estimate of drug-likeness (QED) is 0.480. The van der Waals surface area contributed by atoms with Gasteiger partial charge in [0.15, 0.2) is 5.82 Å². The highest BCUT2D eigenvalue weighted by atomic mass is 19.4. The van der Waals surface area contributed by atoms with Crippen molar-refractivity contribution in [1.29, 1.82) is 0 Å². The van der Waals surface area contributed by atoms with Crippen molar-refractivity contribution in [2.75, 3.05) is 13.1 Å². The van der Waals surface area contributed by atoms with E-state index in [1.807, 2.05) is 24.5 Å². The summed E-state index contributed by atoms with van der Waals surface area (Å²) in [6.07, 6.45) is 2.55. The topological polar surface area (TPSA) is 60.0 Å². The Morgan fingerprint density at radius 2 is 2.00 bits per heavy atom. The van der Waals surface area contributed by atoms with E-state index in [4.69, 9.17) is 0 Å². The molecule has 0 saturated heterocycles. The van der Waals surface area contributed by atoms with E-state index in [1.54, 1.807) is 6.08 Å². The van der Waals surface area contributed by atoms with Crippen LogP contribution in [0.15, 0.2) is 29.0 Å². The Morgan fingerprint density at radius 1 is 1.20 bits per heavy atom. The van der Waals surface area contributed by atoms with Gasteiger partial charge in [0.25, 0.3) is 0 Å². The third-order valence-corrected chi connectivity index (χ3v) is 4.91. The normalized spacial score (nSPS) is 12.8. The summed E-state index contributed by atoms with van der Waals surface area (Å²) in [4.78, 5) is 10.3. The maximum atomic E-state index is 12.5. The molecule has 3 rings (SSSR count). The van der Waals surface area contributed by atoms with Crippen LogP contribution in [0.1, 0.15) is 50.9 Å². The molecule has 0 atom stereocenters. The van der Waals surface area contributed by atoms with E-state index in [9.17, 15) is 13.2 Å². The van der Waals surface area contributed by atoms with Gasteiger partial charge in [-0.25, -0.2) is 4.98 Å². The SMILES string of the molecule is CCCCN(CCn1cnc2cc(/C=C/c3noc(C(F)(F)F)n3)ccc21)C(C)C. The molecular formula is C21H26F3N5O. The fourth-order valence-corrected chi connectivity index (χ4v) is 3.18. The third-order valence-electron chi connectivity index (χ3n) is 4.91. The highest BCUT2D eigenvalue weighted by Crippen LogP contribution is 2.27. The van der Waals surface area contributed by atoms with Crippen molar-refractivity contribution in [2.24, 2.45) is 0 Å². The molecule has 0 N–H and O–H groups in total. The monoisotopic (exact) mass is 421 g/mol. The van der Waals surface area contributed by atoms with E-state index in [1.165, 1.54) is 18.9 Å². The summed E-state index contributed by atoms with van der Waals surface area (Å²) >= 11 is 0. The Balaban J connectivity index is 1.68. The molecular weight excluding hydrogens is 395 g/mol. The molecule has 0 aliphatic carbocycles. The summed E-state index contributed by atoms with van der Waals surface area (Å²) in [5.41, 5.74) is 2.63. The number of aromatic nitrogens is 4. The third kappa shape index (κ3) is 5.47. The fourth-order valence-electron chi connectivity index (χ4n) is 3.18. The number of fused-ring (bicyclic) bond motifs is 1. The molecule has 3 aromatic rings. The predicted octanol–water partition coefficient (Wildman–Crippen LogP) is 5.12. The highest BCUT2D eigenvalue weighted by molar-refractivity contribution is 5.80. The van der Waals surface area contributed by atoms with Gasteiger partial charge in [0, 0.05) is 19.1 Å².